The van der Waals surface area contributed by atoms with Crippen molar-refractivity contribution in [2.75, 3.05) is 13.1 Å². The van der Waals surface area contributed by atoms with Crippen molar-refractivity contribution in [2.45, 2.75) is 51.0 Å². The van der Waals surface area contributed by atoms with Crippen molar-refractivity contribution in [2.24, 2.45) is 11.7 Å². The van der Waals surface area contributed by atoms with E-state index in [9.17, 15) is 8.42 Å². The summed E-state index contributed by atoms with van der Waals surface area (Å²) in [6.07, 6.45) is 4.18. The van der Waals surface area contributed by atoms with Gasteiger partial charge < -0.3 is 5.73 Å². The molecule has 21 heavy (non-hydrogen) atoms. The molecule has 0 bridgehead atoms. The maximum Gasteiger partial charge on any atom is 0.243 e. The number of nitrogens with two attached hydrogens (primary N) is 1. The first-order valence-corrected chi connectivity index (χ1v) is 9.22. The van der Waals surface area contributed by atoms with Crippen LogP contribution in [0.1, 0.15) is 43.7 Å². The van der Waals surface area contributed by atoms with Crippen LogP contribution in [0.25, 0.3) is 0 Å². The molecule has 0 spiro atoms. The smallest absolute Gasteiger partial charge is 0.243 e. The van der Waals surface area contributed by atoms with Crippen LogP contribution in [-0.2, 0) is 16.6 Å². The van der Waals surface area contributed by atoms with Crippen molar-refractivity contribution in [3.05, 3.63) is 29.3 Å². The van der Waals surface area contributed by atoms with Gasteiger partial charge in [-0.2, -0.15) is 4.31 Å². The van der Waals surface area contributed by atoms with Gasteiger partial charge in [-0.25, -0.2) is 8.42 Å². The zero-order chi connectivity index (χ0) is 15.5. The summed E-state index contributed by atoms with van der Waals surface area (Å²) in [5, 5.41) is 0. The van der Waals surface area contributed by atoms with Gasteiger partial charge in [-0.15, -0.1) is 0 Å². The van der Waals surface area contributed by atoms with Gasteiger partial charge in [0.2, 0.25) is 10.0 Å². The average molecular weight is 310 g/mol. The van der Waals surface area contributed by atoms with Crippen LogP contribution in [0.5, 0.6) is 0 Å². The molecule has 5 heteroatoms. The van der Waals surface area contributed by atoms with E-state index in [4.69, 9.17) is 5.73 Å². The van der Waals surface area contributed by atoms with Gasteiger partial charge >= 0.3 is 0 Å². The molecule has 4 nitrogen and oxygen atoms in total. The van der Waals surface area contributed by atoms with Crippen LogP contribution in [0.2, 0.25) is 0 Å². The zero-order valence-corrected chi connectivity index (χ0v) is 13.8. The predicted octanol–water partition coefficient (Wildman–Crippen LogP) is 2.65. The van der Waals surface area contributed by atoms with E-state index in [1.165, 1.54) is 0 Å². The third-order valence-electron chi connectivity index (χ3n) is 4.49. The second-order valence-electron chi connectivity index (χ2n) is 5.91. The zero-order valence-electron chi connectivity index (χ0n) is 13.0. The molecule has 2 rings (SSSR count). The summed E-state index contributed by atoms with van der Waals surface area (Å²) in [6.45, 7) is 5.66. The fourth-order valence-corrected chi connectivity index (χ4v) is 4.74. The van der Waals surface area contributed by atoms with E-state index < -0.39 is 10.0 Å². The number of hydrogen-bond donors (Lipinski definition) is 1. The average Bonchev–Trinajstić information content (AvgIpc) is 2.73. The maximum atomic E-state index is 12.9. The monoisotopic (exact) mass is 310 g/mol. The Morgan fingerprint density at radius 1 is 1.29 bits per heavy atom. The van der Waals surface area contributed by atoms with Crippen molar-refractivity contribution in [1.82, 2.24) is 4.31 Å². The van der Waals surface area contributed by atoms with E-state index in [1.54, 1.807) is 10.4 Å². The summed E-state index contributed by atoms with van der Waals surface area (Å²) in [5.74, 6) is 0.654. The third kappa shape index (κ3) is 3.65. The van der Waals surface area contributed by atoms with E-state index in [1.807, 2.05) is 19.1 Å². The summed E-state index contributed by atoms with van der Waals surface area (Å²) in [4.78, 5) is 0.417. The van der Waals surface area contributed by atoms with Crippen LogP contribution < -0.4 is 5.73 Å². The highest BCUT2D eigenvalue weighted by atomic mass is 32.2. The molecular formula is C16H26N2O2S. The minimum atomic E-state index is -3.40. The normalized spacial score (nSPS) is 21.2. The molecule has 1 aliphatic rings. The van der Waals surface area contributed by atoms with Gasteiger partial charge in [0.05, 0.1) is 4.90 Å². The molecule has 1 aliphatic heterocycles. The molecule has 1 aromatic carbocycles. The number of hydrogen-bond acceptors (Lipinski definition) is 3. The second-order valence-corrected chi connectivity index (χ2v) is 7.82. The highest BCUT2D eigenvalue weighted by Crippen LogP contribution is 2.26. The number of aryl methyl sites for hydroxylation is 1. The van der Waals surface area contributed by atoms with Gasteiger partial charge in [-0.05, 0) is 49.3 Å². The molecule has 1 atom stereocenters. The van der Waals surface area contributed by atoms with Crippen LogP contribution in [0.3, 0.4) is 0 Å². The first-order valence-electron chi connectivity index (χ1n) is 7.78. The van der Waals surface area contributed by atoms with Gasteiger partial charge in [0.1, 0.15) is 0 Å². The van der Waals surface area contributed by atoms with E-state index in [2.05, 4.69) is 6.92 Å². The molecule has 0 radical (unpaired) electrons. The second kappa shape index (κ2) is 6.90. The summed E-state index contributed by atoms with van der Waals surface area (Å²) >= 11 is 0. The van der Waals surface area contributed by atoms with Crippen LogP contribution in [0.4, 0.5) is 0 Å². The Kier molecular flexibility index (Phi) is 5.41. The highest BCUT2D eigenvalue weighted by molar-refractivity contribution is 7.89. The predicted molar refractivity (Wildman–Crippen MR) is 85.5 cm³/mol. The van der Waals surface area contributed by atoms with Gasteiger partial charge in [-0.3, -0.25) is 0 Å². The number of nitrogens with zero attached hydrogens (tertiary/aromatic N) is 1. The molecule has 1 unspecified atom stereocenters. The highest BCUT2D eigenvalue weighted by Gasteiger charge is 2.28. The van der Waals surface area contributed by atoms with Gasteiger partial charge in [0.15, 0.2) is 0 Å². The van der Waals surface area contributed by atoms with Crippen molar-refractivity contribution in [3.63, 3.8) is 0 Å². The molecule has 0 aromatic heterocycles. The van der Waals surface area contributed by atoms with E-state index in [-0.39, 0.29) is 0 Å². The molecule has 1 saturated heterocycles. The standard InChI is InChI=1S/C16H26N2O2S/c1-3-14-5-4-9-18(10-8-14)21(19,20)16-11-15(12-17)7-6-13(16)2/h6-7,11,14H,3-5,8-10,12,17H2,1-2H3. The molecule has 1 aromatic rings. The van der Waals surface area contributed by atoms with Crippen molar-refractivity contribution < 1.29 is 8.42 Å². The lowest BCUT2D eigenvalue weighted by Gasteiger charge is -2.21. The molecule has 2 N–H and O–H groups in total. The number of benzene rings is 1. The Morgan fingerprint density at radius 2 is 2.05 bits per heavy atom. The summed E-state index contributed by atoms with van der Waals surface area (Å²) < 4.78 is 27.5. The summed E-state index contributed by atoms with van der Waals surface area (Å²) in [5.41, 5.74) is 7.30. The van der Waals surface area contributed by atoms with Gasteiger partial charge in [0.25, 0.3) is 0 Å². The SMILES string of the molecule is CCC1CCCN(S(=O)(=O)c2cc(CN)ccc2C)CC1. The van der Waals surface area contributed by atoms with E-state index in [0.29, 0.717) is 30.4 Å². The number of rotatable bonds is 4. The molecule has 1 fully saturated rings. The topological polar surface area (TPSA) is 63.4 Å². The molecule has 0 saturated carbocycles. The lowest BCUT2D eigenvalue weighted by atomic mass is 9.98. The summed E-state index contributed by atoms with van der Waals surface area (Å²) in [7, 11) is -3.40. The minimum absolute atomic E-state index is 0.362. The van der Waals surface area contributed by atoms with E-state index in [0.717, 1.165) is 36.8 Å². The molecule has 0 aliphatic carbocycles. The third-order valence-corrected chi connectivity index (χ3v) is 6.53. The van der Waals surface area contributed by atoms with E-state index >= 15 is 0 Å². The quantitative estimate of drug-likeness (QED) is 0.930. The van der Waals surface area contributed by atoms with Crippen molar-refractivity contribution in [1.29, 1.82) is 0 Å². The van der Waals surface area contributed by atoms with Gasteiger partial charge in [0, 0.05) is 19.6 Å². The van der Waals surface area contributed by atoms with Crippen molar-refractivity contribution in [3.8, 4) is 0 Å². The van der Waals surface area contributed by atoms with Crippen molar-refractivity contribution >= 4 is 10.0 Å². The fourth-order valence-electron chi connectivity index (χ4n) is 2.98. The Hall–Kier alpha value is -0.910. The van der Waals surface area contributed by atoms with Crippen LogP contribution in [0.15, 0.2) is 23.1 Å². The lowest BCUT2D eigenvalue weighted by molar-refractivity contribution is 0.407. The maximum absolute atomic E-state index is 12.9. The van der Waals surface area contributed by atoms with Gasteiger partial charge in [-0.1, -0.05) is 25.5 Å². The Labute approximate surface area is 128 Å². The summed E-state index contributed by atoms with van der Waals surface area (Å²) in [6, 6.07) is 5.47. The van der Waals surface area contributed by atoms with Crippen LogP contribution >= 0.6 is 0 Å². The molecule has 118 valence electrons. The Morgan fingerprint density at radius 3 is 2.71 bits per heavy atom. The lowest BCUT2D eigenvalue weighted by Crippen LogP contribution is -2.32. The molecular weight excluding hydrogens is 284 g/mol. The first kappa shape index (κ1) is 16.5. The molecule has 1 heterocycles. The van der Waals surface area contributed by atoms with Crippen LogP contribution in [-0.4, -0.2) is 25.8 Å². The number of sulfonamides is 1. The minimum Gasteiger partial charge on any atom is -0.326 e. The fraction of sp³-hybridized carbons (Fsp3) is 0.625. The molecule has 0 amide bonds. The Bertz CT molecular complexity index is 584. The largest absolute Gasteiger partial charge is 0.326 e. The van der Waals surface area contributed by atoms with Crippen LogP contribution in [0, 0.1) is 12.8 Å². The Balaban J connectivity index is 2.29. The first-order chi connectivity index (χ1) is 9.98.